The van der Waals surface area contributed by atoms with E-state index in [1.54, 1.807) is 7.05 Å². The number of hydrogen-bond acceptors (Lipinski definition) is 6. The molecule has 1 atom stereocenters. The third-order valence-electron chi connectivity index (χ3n) is 2.24. The zero-order chi connectivity index (χ0) is 10.7. The predicted octanol–water partition coefficient (Wildman–Crippen LogP) is 0.212. The van der Waals surface area contributed by atoms with Crippen molar-refractivity contribution >= 4 is 11.8 Å². The summed E-state index contributed by atoms with van der Waals surface area (Å²) >= 11 is 1.52. The van der Waals surface area contributed by atoms with Crippen LogP contribution in [0, 0.1) is 11.3 Å². The molecule has 0 spiro atoms. The minimum atomic E-state index is -0.153. The molecule has 1 unspecified atom stereocenters. The lowest BCUT2D eigenvalue weighted by Gasteiger charge is -2.06. The summed E-state index contributed by atoms with van der Waals surface area (Å²) in [5.74, 6) is 0.667. The standard InChI is InChI=1S/C8H12N6S/c1-10-6(4-9)5-15-8-11-12-13-14(8)7-2-3-7/h6-7,10H,2-3,5H2,1H3. The highest BCUT2D eigenvalue weighted by atomic mass is 32.2. The van der Waals surface area contributed by atoms with Crippen LogP contribution in [0.2, 0.25) is 0 Å². The Balaban J connectivity index is 1.93. The van der Waals surface area contributed by atoms with Crippen LogP contribution < -0.4 is 5.32 Å². The Morgan fingerprint density at radius 1 is 1.73 bits per heavy atom. The largest absolute Gasteiger partial charge is 0.304 e. The molecule has 1 aliphatic carbocycles. The molecule has 2 rings (SSSR count). The van der Waals surface area contributed by atoms with Gasteiger partial charge in [-0.2, -0.15) is 5.26 Å². The van der Waals surface area contributed by atoms with Crippen LogP contribution in [-0.4, -0.2) is 39.0 Å². The van der Waals surface area contributed by atoms with Crippen LogP contribution >= 0.6 is 11.8 Å². The van der Waals surface area contributed by atoms with Crippen molar-refractivity contribution in [2.24, 2.45) is 0 Å². The first-order valence-electron chi connectivity index (χ1n) is 4.82. The Morgan fingerprint density at radius 2 is 2.53 bits per heavy atom. The Hall–Kier alpha value is -1.13. The summed E-state index contributed by atoms with van der Waals surface area (Å²) in [6.45, 7) is 0. The average molecular weight is 224 g/mol. The summed E-state index contributed by atoms with van der Waals surface area (Å²) in [6, 6.07) is 2.50. The zero-order valence-corrected chi connectivity index (χ0v) is 9.24. The van der Waals surface area contributed by atoms with Crippen molar-refractivity contribution in [2.75, 3.05) is 12.8 Å². The van der Waals surface area contributed by atoms with E-state index in [2.05, 4.69) is 26.9 Å². The fourth-order valence-electron chi connectivity index (χ4n) is 1.17. The van der Waals surface area contributed by atoms with Crippen molar-refractivity contribution < 1.29 is 0 Å². The predicted molar refractivity (Wildman–Crippen MR) is 55.3 cm³/mol. The van der Waals surface area contributed by atoms with Gasteiger partial charge in [0.15, 0.2) is 0 Å². The molecule has 1 aromatic heterocycles. The number of nitrogens with one attached hydrogen (secondary N) is 1. The Labute approximate surface area is 92.0 Å². The van der Waals surface area contributed by atoms with Crippen molar-refractivity contribution in [1.29, 1.82) is 5.26 Å². The molecule has 0 aromatic carbocycles. The van der Waals surface area contributed by atoms with Gasteiger partial charge >= 0.3 is 0 Å². The number of hydrogen-bond donors (Lipinski definition) is 1. The van der Waals surface area contributed by atoms with Gasteiger partial charge in [-0.15, -0.1) is 5.10 Å². The third kappa shape index (κ3) is 2.46. The highest BCUT2D eigenvalue weighted by Crippen LogP contribution is 2.36. The fraction of sp³-hybridized carbons (Fsp3) is 0.750. The van der Waals surface area contributed by atoms with E-state index in [9.17, 15) is 0 Å². The van der Waals surface area contributed by atoms with E-state index in [4.69, 9.17) is 5.26 Å². The summed E-state index contributed by atoms with van der Waals surface area (Å²) in [5.41, 5.74) is 0. The molecule has 80 valence electrons. The maximum Gasteiger partial charge on any atom is 0.209 e. The summed E-state index contributed by atoms with van der Waals surface area (Å²) < 4.78 is 1.86. The van der Waals surface area contributed by atoms with E-state index in [-0.39, 0.29) is 6.04 Å². The van der Waals surface area contributed by atoms with E-state index in [1.807, 2.05) is 4.68 Å². The molecule has 1 heterocycles. The lowest BCUT2D eigenvalue weighted by atomic mass is 10.4. The second-order valence-corrected chi connectivity index (χ2v) is 4.41. The second-order valence-electron chi connectivity index (χ2n) is 3.42. The maximum atomic E-state index is 8.76. The Bertz CT molecular complexity index is 365. The molecular weight excluding hydrogens is 212 g/mol. The number of nitrogens with zero attached hydrogens (tertiary/aromatic N) is 5. The molecule has 0 bridgehead atoms. The molecule has 1 fully saturated rings. The normalized spacial score (nSPS) is 17.3. The van der Waals surface area contributed by atoms with Crippen molar-refractivity contribution in [3.05, 3.63) is 0 Å². The van der Waals surface area contributed by atoms with Crippen molar-refractivity contribution in [3.63, 3.8) is 0 Å². The van der Waals surface area contributed by atoms with Crippen LogP contribution in [0.4, 0.5) is 0 Å². The highest BCUT2D eigenvalue weighted by Gasteiger charge is 2.28. The SMILES string of the molecule is CNC(C#N)CSc1nnnn1C1CC1. The molecule has 1 saturated carbocycles. The highest BCUT2D eigenvalue weighted by molar-refractivity contribution is 7.99. The van der Waals surface area contributed by atoms with Gasteiger partial charge in [-0.3, -0.25) is 0 Å². The molecule has 1 aromatic rings. The van der Waals surface area contributed by atoms with Gasteiger partial charge in [0.2, 0.25) is 5.16 Å². The molecular formula is C8H12N6S. The third-order valence-corrected chi connectivity index (χ3v) is 3.27. The quantitative estimate of drug-likeness (QED) is 0.720. The van der Waals surface area contributed by atoms with Crippen molar-refractivity contribution in [1.82, 2.24) is 25.5 Å². The zero-order valence-electron chi connectivity index (χ0n) is 8.42. The molecule has 0 aliphatic heterocycles. The maximum absolute atomic E-state index is 8.76. The number of rotatable bonds is 5. The fourth-order valence-corrected chi connectivity index (χ4v) is 2.14. The lowest BCUT2D eigenvalue weighted by Crippen LogP contribution is -2.25. The van der Waals surface area contributed by atoms with Gasteiger partial charge in [0.05, 0.1) is 12.1 Å². The first kappa shape index (κ1) is 10.4. The van der Waals surface area contributed by atoms with E-state index >= 15 is 0 Å². The minimum Gasteiger partial charge on any atom is -0.304 e. The Morgan fingerprint density at radius 3 is 3.13 bits per heavy atom. The molecule has 0 saturated heterocycles. The molecule has 0 radical (unpaired) electrons. The smallest absolute Gasteiger partial charge is 0.209 e. The van der Waals surface area contributed by atoms with E-state index in [0.717, 1.165) is 18.0 Å². The summed E-state index contributed by atoms with van der Waals surface area (Å²) in [6.07, 6.45) is 2.32. The first-order chi connectivity index (χ1) is 7.35. The van der Waals surface area contributed by atoms with Gasteiger partial charge < -0.3 is 5.32 Å². The average Bonchev–Trinajstić information content (AvgIpc) is 3.00. The van der Waals surface area contributed by atoms with Crippen molar-refractivity contribution in [2.45, 2.75) is 30.1 Å². The summed E-state index contributed by atoms with van der Waals surface area (Å²) in [5, 5.41) is 24.0. The van der Waals surface area contributed by atoms with E-state index in [1.165, 1.54) is 11.8 Å². The van der Waals surface area contributed by atoms with Crippen LogP contribution in [0.1, 0.15) is 18.9 Å². The van der Waals surface area contributed by atoms with Crippen LogP contribution in [0.3, 0.4) is 0 Å². The molecule has 7 heteroatoms. The monoisotopic (exact) mass is 224 g/mol. The number of nitriles is 1. The molecule has 0 amide bonds. The number of tetrazole rings is 1. The van der Waals surface area contributed by atoms with Gasteiger partial charge in [0.1, 0.15) is 6.04 Å². The van der Waals surface area contributed by atoms with Crippen molar-refractivity contribution in [3.8, 4) is 6.07 Å². The van der Waals surface area contributed by atoms with Gasteiger partial charge in [-0.1, -0.05) is 11.8 Å². The van der Waals surface area contributed by atoms with E-state index < -0.39 is 0 Å². The minimum absolute atomic E-state index is 0.153. The van der Waals surface area contributed by atoms with Crippen LogP contribution in [0.25, 0.3) is 0 Å². The molecule has 1 N–H and O–H groups in total. The van der Waals surface area contributed by atoms with Crippen LogP contribution in [0.15, 0.2) is 5.16 Å². The molecule has 1 aliphatic rings. The van der Waals surface area contributed by atoms with Gasteiger partial charge in [0.25, 0.3) is 0 Å². The first-order valence-corrected chi connectivity index (χ1v) is 5.81. The molecule has 6 nitrogen and oxygen atoms in total. The van der Waals surface area contributed by atoms with Crippen LogP contribution in [-0.2, 0) is 0 Å². The van der Waals surface area contributed by atoms with Gasteiger partial charge in [0, 0.05) is 5.75 Å². The second kappa shape index (κ2) is 4.59. The van der Waals surface area contributed by atoms with Gasteiger partial charge in [-0.25, -0.2) is 4.68 Å². The summed E-state index contributed by atoms with van der Waals surface area (Å²) in [7, 11) is 1.78. The number of aromatic nitrogens is 4. The topological polar surface area (TPSA) is 79.4 Å². The van der Waals surface area contributed by atoms with Crippen LogP contribution in [0.5, 0.6) is 0 Å². The summed E-state index contributed by atoms with van der Waals surface area (Å²) in [4.78, 5) is 0. The lowest BCUT2D eigenvalue weighted by molar-refractivity contribution is 0.565. The Kier molecular flexibility index (Phi) is 3.18. The molecule has 15 heavy (non-hydrogen) atoms. The van der Waals surface area contributed by atoms with Gasteiger partial charge in [-0.05, 0) is 30.3 Å². The number of thioether (sulfide) groups is 1. The van der Waals surface area contributed by atoms with E-state index in [0.29, 0.717) is 11.8 Å².